The summed E-state index contributed by atoms with van der Waals surface area (Å²) in [5.74, 6) is 0.536. The first kappa shape index (κ1) is 17.7. The predicted octanol–water partition coefficient (Wildman–Crippen LogP) is 6.35. The Morgan fingerprint density at radius 1 is 0.852 bits per heavy atom. The molecule has 0 amide bonds. The zero-order valence-corrected chi connectivity index (χ0v) is 15.6. The van der Waals surface area contributed by atoms with Crippen molar-refractivity contribution in [3.8, 4) is 17.1 Å². The summed E-state index contributed by atoms with van der Waals surface area (Å²) in [6, 6.07) is 21.5. The minimum absolute atomic E-state index is 0.163. The van der Waals surface area contributed by atoms with Gasteiger partial charge in [0.1, 0.15) is 12.2 Å². The van der Waals surface area contributed by atoms with Gasteiger partial charge in [-0.3, -0.25) is 4.79 Å². The van der Waals surface area contributed by atoms with Crippen LogP contribution >= 0.6 is 23.2 Å². The summed E-state index contributed by atoms with van der Waals surface area (Å²) < 4.78 is 11.9. The Morgan fingerprint density at radius 2 is 1.63 bits per heavy atom. The highest BCUT2D eigenvalue weighted by Crippen LogP contribution is 2.32. The van der Waals surface area contributed by atoms with Crippen LogP contribution in [0, 0.1) is 0 Å². The number of halogens is 2. The lowest BCUT2D eigenvalue weighted by Crippen LogP contribution is -2.10. The standard InChI is InChI=1S/C22H14Cl2O3/c23-16-10-8-15(9-11-16)21-22(26-13-14-4-3-5-17(24)12-14)20(25)18-6-1-2-7-19(18)27-21/h1-12H,13H2. The lowest BCUT2D eigenvalue weighted by Gasteiger charge is -2.12. The van der Waals surface area contributed by atoms with Crippen LogP contribution in [0.2, 0.25) is 10.0 Å². The Morgan fingerprint density at radius 3 is 2.41 bits per heavy atom. The Labute approximate surface area is 165 Å². The molecule has 0 bridgehead atoms. The van der Waals surface area contributed by atoms with E-state index in [2.05, 4.69) is 0 Å². The van der Waals surface area contributed by atoms with Crippen molar-refractivity contribution < 1.29 is 9.15 Å². The molecule has 5 heteroatoms. The molecule has 0 unspecified atom stereocenters. The quantitative estimate of drug-likeness (QED) is 0.403. The van der Waals surface area contributed by atoms with Gasteiger partial charge in [-0.15, -0.1) is 0 Å². The fourth-order valence-corrected chi connectivity index (χ4v) is 3.17. The molecule has 0 saturated carbocycles. The number of para-hydroxylation sites is 1. The third kappa shape index (κ3) is 3.70. The summed E-state index contributed by atoms with van der Waals surface area (Å²) in [4.78, 5) is 13.0. The fraction of sp³-hybridized carbons (Fsp3) is 0.0455. The average molecular weight is 397 g/mol. The topological polar surface area (TPSA) is 39.4 Å². The monoisotopic (exact) mass is 396 g/mol. The highest BCUT2D eigenvalue weighted by Gasteiger charge is 2.17. The van der Waals surface area contributed by atoms with Gasteiger partial charge in [0.2, 0.25) is 11.2 Å². The van der Waals surface area contributed by atoms with E-state index in [1.165, 1.54) is 0 Å². The van der Waals surface area contributed by atoms with E-state index in [1.54, 1.807) is 54.6 Å². The number of ether oxygens (including phenoxy) is 1. The van der Waals surface area contributed by atoms with Crippen LogP contribution in [0.3, 0.4) is 0 Å². The number of benzene rings is 3. The van der Waals surface area contributed by atoms with Crippen LogP contribution in [-0.4, -0.2) is 0 Å². The van der Waals surface area contributed by atoms with E-state index in [0.717, 1.165) is 5.56 Å². The molecule has 3 aromatic carbocycles. The van der Waals surface area contributed by atoms with Gasteiger partial charge >= 0.3 is 0 Å². The third-order valence-corrected chi connectivity index (χ3v) is 4.62. The van der Waals surface area contributed by atoms with Gasteiger partial charge in [0.05, 0.1) is 5.39 Å². The third-order valence-electron chi connectivity index (χ3n) is 4.13. The van der Waals surface area contributed by atoms with Crippen molar-refractivity contribution in [2.75, 3.05) is 0 Å². The highest BCUT2D eigenvalue weighted by molar-refractivity contribution is 6.30. The molecule has 0 fully saturated rings. The number of fused-ring (bicyclic) bond motifs is 1. The molecule has 0 saturated heterocycles. The summed E-state index contributed by atoms with van der Waals surface area (Å²) in [5.41, 5.74) is 1.85. The largest absolute Gasteiger partial charge is 0.481 e. The van der Waals surface area contributed by atoms with Crippen molar-refractivity contribution in [2.45, 2.75) is 6.61 Å². The smallest absolute Gasteiger partial charge is 0.235 e. The first-order valence-corrected chi connectivity index (χ1v) is 9.06. The molecule has 134 valence electrons. The molecule has 4 aromatic rings. The molecule has 0 aliphatic rings. The lowest BCUT2D eigenvalue weighted by molar-refractivity contribution is 0.298. The molecule has 0 aliphatic carbocycles. The van der Waals surface area contributed by atoms with Crippen molar-refractivity contribution in [3.05, 3.63) is 98.6 Å². The minimum atomic E-state index is -0.219. The first-order valence-electron chi connectivity index (χ1n) is 8.31. The molecule has 0 N–H and O–H groups in total. The van der Waals surface area contributed by atoms with Crippen molar-refractivity contribution in [1.82, 2.24) is 0 Å². The minimum Gasteiger partial charge on any atom is -0.481 e. The Balaban J connectivity index is 1.83. The van der Waals surface area contributed by atoms with Gasteiger partial charge in [-0.05, 0) is 54.1 Å². The number of rotatable bonds is 4. The molecular weight excluding hydrogens is 383 g/mol. The second kappa shape index (κ2) is 7.47. The summed E-state index contributed by atoms with van der Waals surface area (Å²) in [5, 5.41) is 1.68. The lowest BCUT2D eigenvalue weighted by atomic mass is 10.1. The van der Waals surface area contributed by atoms with Crippen molar-refractivity contribution >= 4 is 34.2 Å². The SMILES string of the molecule is O=c1c(OCc2cccc(Cl)c2)c(-c2ccc(Cl)cc2)oc2ccccc12. The second-order valence-electron chi connectivity index (χ2n) is 6.01. The second-order valence-corrected chi connectivity index (χ2v) is 6.88. The van der Waals surface area contributed by atoms with Gasteiger partial charge in [0.25, 0.3) is 0 Å². The van der Waals surface area contributed by atoms with Gasteiger partial charge in [0, 0.05) is 15.6 Å². The first-order chi connectivity index (χ1) is 13.1. The molecule has 1 aromatic heterocycles. The van der Waals surface area contributed by atoms with Gasteiger partial charge in [0.15, 0.2) is 5.76 Å². The molecule has 3 nitrogen and oxygen atoms in total. The predicted molar refractivity (Wildman–Crippen MR) is 109 cm³/mol. The summed E-state index contributed by atoms with van der Waals surface area (Å²) in [7, 11) is 0. The Kier molecular flexibility index (Phi) is 4.88. The molecule has 0 spiro atoms. The molecule has 0 atom stereocenters. The highest BCUT2D eigenvalue weighted by atomic mass is 35.5. The molecule has 0 aliphatic heterocycles. The average Bonchev–Trinajstić information content (AvgIpc) is 2.68. The normalized spacial score (nSPS) is 10.9. The van der Waals surface area contributed by atoms with Crippen molar-refractivity contribution in [1.29, 1.82) is 0 Å². The van der Waals surface area contributed by atoms with Gasteiger partial charge in [-0.2, -0.15) is 0 Å². The molecular formula is C22H14Cl2O3. The van der Waals surface area contributed by atoms with Crippen LogP contribution in [0.15, 0.2) is 82.0 Å². The maximum atomic E-state index is 13.0. The zero-order valence-electron chi connectivity index (χ0n) is 14.1. The zero-order chi connectivity index (χ0) is 18.8. The van der Waals surface area contributed by atoms with Crippen LogP contribution in [0.5, 0.6) is 5.75 Å². The van der Waals surface area contributed by atoms with E-state index in [4.69, 9.17) is 32.4 Å². The Bertz CT molecular complexity index is 1160. The molecule has 0 radical (unpaired) electrons. The van der Waals surface area contributed by atoms with Crippen LogP contribution in [-0.2, 0) is 6.61 Å². The van der Waals surface area contributed by atoms with E-state index < -0.39 is 0 Å². The number of hydrogen-bond donors (Lipinski definition) is 0. The van der Waals surface area contributed by atoms with E-state index in [1.807, 2.05) is 18.2 Å². The maximum Gasteiger partial charge on any atom is 0.235 e. The maximum absolute atomic E-state index is 13.0. The van der Waals surface area contributed by atoms with Crippen LogP contribution in [0.25, 0.3) is 22.3 Å². The van der Waals surface area contributed by atoms with Gasteiger partial charge in [-0.1, -0.05) is 47.5 Å². The van der Waals surface area contributed by atoms with E-state index in [-0.39, 0.29) is 17.8 Å². The van der Waals surface area contributed by atoms with E-state index in [9.17, 15) is 4.79 Å². The van der Waals surface area contributed by atoms with Crippen LogP contribution < -0.4 is 10.2 Å². The molecule has 4 rings (SSSR count). The number of hydrogen-bond acceptors (Lipinski definition) is 3. The van der Waals surface area contributed by atoms with Crippen LogP contribution in [0.4, 0.5) is 0 Å². The van der Waals surface area contributed by atoms with E-state index >= 15 is 0 Å². The molecule has 1 heterocycles. The van der Waals surface area contributed by atoms with Gasteiger partial charge < -0.3 is 9.15 Å². The molecule has 27 heavy (non-hydrogen) atoms. The van der Waals surface area contributed by atoms with Crippen molar-refractivity contribution in [3.63, 3.8) is 0 Å². The summed E-state index contributed by atoms with van der Waals surface area (Å²) in [6.45, 7) is 0.199. The van der Waals surface area contributed by atoms with Gasteiger partial charge in [-0.25, -0.2) is 0 Å². The fourth-order valence-electron chi connectivity index (χ4n) is 2.83. The Hall–Kier alpha value is -2.75. The summed E-state index contributed by atoms with van der Waals surface area (Å²) in [6.07, 6.45) is 0. The summed E-state index contributed by atoms with van der Waals surface area (Å²) >= 11 is 12.0. The van der Waals surface area contributed by atoms with Crippen molar-refractivity contribution in [2.24, 2.45) is 0 Å². The van der Waals surface area contributed by atoms with E-state index in [0.29, 0.717) is 32.3 Å². The van der Waals surface area contributed by atoms with Crippen LogP contribution in [0.1, 0.15) is 5.56 Å².